The summed E-state index contributed by atoms with van der Waals surface area (Å²) in [5.74, 6) is 0. The van der Waals surface area contributed by atoms with Crippen LogP contribution in [0, 0.1) is 0 Å². The van der Waals surface area contributed by atoms with Crippen LogP contribution in [0.4, 0.5) is 4.79 Å². The van der Waals surface area contributed by atoms with E-state index in [-0.39, 0.29) is 18.1 Å². The molecule has 2 amide bonds. The van der Waals surface area contributed by atoms with Crippen LogP contribution in [0.1, 0.15) is 101 Å². The quantitative estimate of drug-likeness (QED) is 0.524. The molecule has 0 radical (unpaired) electrons. The highest BCUT2D eigenvalue weighted by Crippen LogP contribution is 2.42. The van der Waals surface area contributed by atoms with E-state index in [1.165, 1.54) is 10.1 Å². The molecule has 2 fully saturated rings. The summed E-state index contributed by atoms with van der Waals surface area (Å²) in [6.07, 6.45) is 3.38. The number of carbonyl (C=O) groups is 1. The number of piperidine rings is 2. The highest BCUT2D eigenvalue weighted by molar-refractivity contribution is 5.76. The molecule has 0 aliphatic carbocycles. The van der Waals surface area contributed by atoms with Crippen molar-refractivity contribution in [3.63, 3.8) is 0 Å². The molecular formula is C25H50N4O4. The van der Waals surface area contributed by atoms with Crippen molar-refractivity contribution in [3.05, 3.63) is 0 Å². The van der Waals surface area contributed by atoms with E-state index in [0.717, 1.165) is 0 Å². The molecule has 8 heteroatoms. The predicted molar refractivity (Wildman–Crippen MR) is 131 cm³/mol. The van der Waals surface area contributed by atoms with Gasteiger partial charge in [0.05, 0.1) is 0 Å². The molecule has 0 spiro atoms. The highest BCUT2D eigenvalue weighted by Gasteiger charge is 2.51. The van der Waals surface area contributed by atoms with Gasteiger partial charge in [0.1, 0.15) is 0 Å². The molecule has 0 unspecified atom stereocenters. The van der Waals surface area contributed by atoms with Crippen molar-refractivity contribution >= 4 is 6.03 Å². The summed E-state index contributed by atoms with van der Waals surface area (Å²) in [6.45, 7) is 20.9. The molecule has 2 rings (SSSR count). The van der Waals surface area contributed by atoms with Crippen molar-refractivity contribution in [2.75, 3.05) is 13.7 Å². The zero-order valence-corrected chi connectivity index (χ0v) is 22.9. The Bertz CT molecular complexity index is 669. The lowest BCUT2D eigenvalue weighted by Crippen LogP contribution is -2.68. The Morgan fingerprint density at radius 2 is 1.30 bits per heavy atom. The largest absolute Gasteiger partial charge is 0.385 e. The Kier molecular flexibility index (Phi) is 7.95. The molecule has 0 saturated carbocycles. The number of ether oxygens (including phenoxy) is 1. The smallest absolute Gasteiger partial charge is 0.318 e. The van der Waals surface area contributed by atoms with Crippen molar-refractivity contribution in [2.24, 2.45) is 0 Å². The van der Waals surface area contributed by atoms with E-state index in [1.54, 1.807) is 7.11 Å². The Hall–Kier alpha value is -0.930. The third-order valence-electron chi connectivity index (χ3n) is 7.74. The van der Waals surface area contributed by atoms with Gasteiger partial charge in [-0.25, -0.2) is 4.79 Å². The summed E-state index contributed by atoms with van der Waals surface area (Å²) >= 11 is 0. The molecular weight excluding hydrogens is 420 g/mol. The minimum Gasteiger partial charge on any atom is -0.385 e. The lowest BCUT2D eigenvalue weighted by atomic mass is 9.77. The van der Waals surface area contributed by atoms with Gasteiger partial charge in [0.2, 0.25) is 0 Å². The van der Waals surface area contributed by atoms with Gasteiger partial charge in [-0.2, -0.15) is 10.1 Å². The third kappa shape index (κ3) is 6.01. The lowest BCUT2D eigenvalue weighted by Gasteiger charge is -2.56. The summed E-state index contributed by atoms with van der Waals surface area (Å²) in [7, 11) is 1.68. The normalized spacial score (nSPS) is 26.2. The Labute approximate surface area is 201 Å². The molecule has 0 aromatic rings. The maximum absolute atomic E-state index is 13.9. The summed E-state index contributed by atoms with van der Waals surface area (Å²) < 4.78 is 5.37. The Morgan fingerprint density at radius 3 is 1.70 bits per heavy atom. The molecule has 33 heavy (non-hydrogen) atoms. The minimum absolute atomic E-state index is 0.0378. The van der Waals surface area contributed by atoms with Crippen LogP contribution in [-0.4, -0.2) is 85.0 Å². The molecule has 2 saturated heterocycles. The van der Waals surface area contributed by atoms with Gasteiger partial charge >= 0.3 is 6.03 Å². The van der Waals surface area contributed by atoms with Crippen molar-refractivity contribution in [1.29, 1.82) is 0 Å². The van der Waals surface area contributed by atoms with Gasteiger partial charge < -0.3 is 25.4 Å². The van der Waals surface area contributed by atoms with Crippen LogP contribution in [0.15, 0.2) is 0 Å². The predicted octanol–water partition coefficient (Wildman–Crippen LogP) is 4.63. The Morgan fingerprint density at radius 1 is 0.909 bits per heavy atom. The van der Waals surface area contributed by atoms with Gasteiger partial charge in [0.15, 0.2) is 0 Å². The number of rotatable bonds is 6. The van der Waals surface area contributed by atoms with Crippen LogP contribution in [0.2, 0.25) is 0 Å². The second-order valence-corrected chi connectivity index (χ2v) is 13.4. The first-order chi connectivity index (χ1) is 14.8. The number of amides is 2. The monoisotopic (exact) mass is 470 g/mol. The van der Waals surface area contributed by atoms with Crippen molar-refractivity contribution in [1.82, 2.24) is 20.3 Å². The zero-order valence-electron chi connectivity index (χ0n) is 22.9. The van der Waals surface area contributed by atoms with Crippen molar-refractivity contribution in [2.45, 2.75) is 141 Å². The molecule has 0 aromatic carbocycles. The van der Waals surface area contributed by atoms with E-state index in [0.29, 0.717) is 38.7 Å². The first-order valence-corrected chi connectivity index (χ1v) is 12.3. The first kappa shape index (κ1) is 28.3. The van der Waals surface area contributed by atoms with E-state index >= 15 is 0 Å². The summed E-state index contributed by atoms with van der Waals surface area (Å²) in [5, 5.41) is 27.7. The van der Waals surface area contributed by atoms with E-state index in [2.05, 4.69) is 19.2 Å². The van der Waals surface area contributed by atoms with Gasteiger partial charge in [0.25, 0.3) is 0 Å². The number of hydrogen-bond acceptors (Lipinski definition) is 6. The molecule has 2 heterocycles. The molecule has 194 valence electrons. The highest BCUT2D eigenvalue weighted by atomic mass is 16.5. The third-order valence-corrected chi connectivity index (χ3v) is 7.74. The topological polar surface area (TPSA) is 88.5 Å². The second-order valence-electron chi connectivity index (χ2n) is 13.4. The molecule has 2 aliphatic rings. The van der Waals surface area contributed by atoms with E-state index in [1.807, 2.05) is 60.3 Å². The van der Waals surface area contributed by atoms with Gasteiger partial charge in [-0.3, -0.25) is 0 Å². The summed E-state index contributed by atoms with van der Waals surface area (Å²) in [5.41, 5.74) is -2.25. The minimum atomic E-state index is -0.464. The standard InChI is InChI=1S/C25H50N4O4/c1-21(2,12-13-33-11)27(19-16-24(7,8)29(32)25(9,10)17-19)20(30)26-18-14-22(3,4)28(31)23(5,6)15-18/h18-19,31-32H,12-17H2,1-11H3,(H,26,30). The molecule has 3 N–H and O–H groups in total. The van der Waals surface area contributed by atoms with Crippen LogP contribution < -0.4 is 5.32 Å². The zero-order chi connectivity index (χ0) is 25.6. The first-order valence-electron chi connectivity index (χ1n) is 12.3. The van der Waals surface area contributed by atoms with Crippen LogP contribution in [0.25, 0.3) is 0 Å². The van der Waals surface area contributed by atoms with E-state index in [4.69, 9.17) is 4.74 Å². The number of hydroxylamine groups is 4. The SMILES string of the molecule is COCCC(C)(C)N(C(=O)NC1CC(C)(C)N(O)C(C)(C)C1)C1CC(C)(C)N(O)C(C)(C)C1. The maximum atomic E-state index is 13.9. The fourth-order valence-corrected chi connectivity index (χ4v) is 6.42. The van der Waals surface area contributed by atoms with Gasteiger partial charge in [-0.1, -0.05) is 0 Å². The molecule has 8 nitrogen and oxygen atoms in total. The molecule has 0 atom stereocenters. The summed E-state index contributed by atoms with van der Waals surface area (Å²) in [6, 6.07) is -0.170. The maximum Gasteiger partial charge on any atom is 0.318 e. The average molecular weight is 471 g/mol. The number of nitrogens with zero attached hydrogens (tertiary/aromatic N) is 3. The van der Waals surface area contributed by atoms with Gasteiger partial charge in [-0.15, -0.1) is 0 Å². The number of methoxy groups -OCH3 is 1. The van der Waals surface area contributed by atoms with Crippen LogP contribution in [0.5, 0.6) is 0 Å². The molecule has 0 aromatic heterocycles. The number of hydrogen-bond donors (Lipinski definition) is 3. The lowest BCUT2D eigenvalue weighted by molar-refractivity contribution is -0.253. The van der Waals surface area contributed by atoms with E-state index < -0.39 is 27.7 Å². The fraction of sp³-hybridized carbons (Fsp3) is 0.960. The molecule has 2 aliphatic heterocycles. The van der Waals surface area contributed by atoms with E-state index in [9.17, 15) is 15.2 Å². The van der Waals surface area contributed by atoms with Crippen molar-refractivity contribution in [3.8, 4) is 0 Å². The molecule has 0 bridgehead atoms. The summed E-state index contributed by atoms with van der Waals surface area (Å²) in [4.78, 5) is 16.0. The fourth-order valence-electron chi connectivity index (χ4n) is 6.42. The second kappa shape index (κ2) is 9.26. The number of carbonyl (C=O) groups excluding carboxylic acids is 1. The number of nitrogens with one attached hydrogen (secondary N) is 1. The van der Waals surface area contributed by atoms with Gasteiger partial charge in [-0.05, 0) is 101 Å². The van der Waals surface area contributed by atoms with Crippen molar-refractivity contribution < 1.29 is 19.9 Å². The van der Waals surface area contributed by atoms with Gasteiger partial charge in [0, 0.05) is 53.5 Å². The van der Waals surface area contributed by atoms with Crippen LogP contribution in [-0.2, 0) is 4.74 Å². The Balaban J connectivity index is 2.36. The number of urea groups is 1. The average Bonchev–Trinajstić information content (AvgIpc) is 2.61. The van der Waals surface area contributed by atoms with Crippen LogP contribution in [0.3, 0.4) is 0 Å². The van der Waals surface area contributed by atoms with Crippen LogP contribution >= 0.6 is 0 Å².